The van der Waals surface area contributed by atoms with Crippen LogP contribution in [0.15, 0.2) is 12.1 Å². The molecule has 0 amide bonds. The van der Waals surface area contributed by atoms with Gasteiger partial charge < -0.3 is 5.11 Å². The van der Waals surface area contributed by atoms with Crippen LogP contribution in [-0.4, -0.2) is 21.4 Å². The van der Waals surface area contributed by atoms with Crippen LogP contribution < -0.4 is 0 Å². The van der Waals surface area contributed by atoms with Crippen LogP contribution in [0.4, 0.5) is 0 Å². The Balaban J connectivity index is 2.10. The Morgan fingerprint density at radius 3 is 2.71 bits per heavy atom. The number of aliphatic hydroxyl groups excluding tert-OH is 1. The third kappa shape index (κ3) is 2.30. The van der Waals surface area contributed by atoms with Gasteiger partial charge in [-0.3, -0.25) is 0 Å². The Kier molecular flexibility index (Phi) is 2.47. The molecule has 1 aromatic heterocycles. The second-order valence-electron chi connectivity index (χ2n) is 3.56. The van der Waals surface area contributed by atoms with Crippen molar-refractivity contribution in [1.29, 1.82) is 0 Å². The third-order valence-electron chi connectivity index (χ3n) is 2.09. The van der Waals surface area contributed by atoms with Crippen LogP contribution in [0.3, 0.4) is 0 Å². The maximum absolute atomic E-state index is 8.94. The average molecular weight is 188 g/mol. The highest BCUT2D eigenvalue weighted by Gasteiger charge is 2.24. The lowest BCUT2D eigenvalue weighted by Crippen LogP contribution is -1.95. The minimum atomic E-state index is -0.611. The molecule has 0 radical (unpaired) electrons. The molecule has 0 spiro atoms. The van der Waals surface area contributed by atoms with Gasteiger partial charge in [0.1, 0.15) is 11.8 Å². The van der Waals surface area contributed by atoms with Crippen molar-refractivity contribution in [1.82, 2.24) is 10.2 Å². The van der Waals surface area contributed by atoms with Crippen molar-refractivity contribution in [2.45, 2.75) is 31.8 Å². The Hall–Kier alpha value is -1.40. The summed E-state index contributed by atoms with van der Waals surface area (Å²) in [7, 11) is 0. The number of aliphatic hydroxyl groups is 1. The van der Waals surface area contributed by atoms with E-state index in [4.69, 9.17) is 5.11 Å². The lowest BCUT2D eigenvalue weighted by atomic mass is 10.2. The van der Waals surface area contributed by atoms with Crippen LogP contribution in [-0.2, 0) is 0 Å². The predicted octanol–water partition coefficient (Wildman–Crippen LogP) is 1.09. The van der Waals surface area contributed by atoms with Gasteiger partial charge in [-0.2, -0.15) is 5.10 Å². The molecule has 1 aliphatic carbocycles. The van der Waals surface area contributed by atoms with Crippen molar-refractivity contribution < 1.29 is 5.11 Å². The quantitative estimate of drug-likeness (QED) is 0.671. The maximum atomic E-state index is 8.94. The maximum Gasteiger partial charge on any atom is 0.136 e. The van der Waals surface area contributed by atoms with Gasteiger partial charge >= 0.3 is 0 Å². The summed E-state index contributed by atoms with van der Waals surface area (Å²) in [4.78, 5) is 0. The number of hydrogen-bond donors (Lipinski definition) is 1. The summed E-state index contributed by atoms with van der Waals surface area (Å²) in [5, 5.41) is 17.0. The number of aromatic nitrogens is 2. The van der Waals surface area contributed by atoms with Gasteiger partial charge in [0.05, 0.1) is 5.69 Å². The first-order chi connectivity index (χ1) is 6.75. The second kappa shape index (κ2) is 3.77. The molecule has 1 aliphatic rings. The zero-order chi connectivity index (χ0) is 9.97. The SMILES string of the molecule is C[C@@H](O)C#Cc1ccc(C2CC2)nn1. The highest BCUT2D eigenvalue weighted by atomic mass is 16.3. The van der Waals surface area contributed by atoms with Crippen molar-refractivity contribution in [2.75, 3.05) is 0 Å². The van der Waals surface area contributed by atoms with E-state index in [1.807, 2.05) is 12.1 Å². The molecule has 3 heteroatoms. The smallest absolute Gasteiger partial charge is 0.136 e. The average Bonchev–Trinajstić information content (AvgIpc) is 2.99. The fourth-order valence-electron chi connectivity index (χ4n) is 1.18. The molecule has 14 heavy (non-hydrogen) atoms. The highest BCUT2D eigenvalue weighted by molar-refractivity contribution is 5.28. The molecule has 0 unspecified atom stereocenters. The Bertz CT molecular complexity index is 369. The van der Waals surface area contributed by atoms with E-state index < -0.39 is 6.10 Å². The Morgan fingerprint density at radius 2 is 2.21 bits per heavy atom. The van der Waals surface area contributed by atoms with Gasteiger partial charge in [0.25, 0.3) is 0 Å². The van der Waals surface area contributed by atoms with Crippen molar-refractivity contribution in [3.63, 3.8) is 0 Å². The molecule has 0 bridgehead atoms. The van der Waals surface area contributed by atoms with Crippen LogP contribution in [0.2, 0.25) is 0 Å². The summed E-state index contributed by atoms with van der Waals surface area (Å²) in [5.74, 6) is 6.01. The van der Waals surface area contributed by atoms with E-state index in [1.54, 1.807) is 6.92 Å². The van der Waals surface area contributed by atoms with Gasteiger partial charge in [0.15, 0.2) is 0 Å². The summed E-state index contributed by atoms with van der Waals surface area (Å²) < 4.78 is 0. The van der Waals surface area contributed by atoms with E-state index >= 15 is 0 Å². The van der Waals surface area contributed by atoms with E-state index in [9.17, 15) is 0 Å². The van der Waals surface area contributed by atoms with Crippen LogP contribution in [0.1, 0.15) is 37.1 Å². The highest BCUT2D eigenvalue weighted by Crippen LogP contribution is 2.38. The Morgan fingerprint density at radius 1 is 1.43 bits per heavy atom. The molecule has 3 nitrogen and oxygen atoms in total. The minimum Gasteiger partial charge on any atom is -0.381 e. The lowest BCUT2D eigenvalue weighted by Gasteiger charge is -1.94. The second-order valence-corrected chi connectivity index (χ2v) is 3.56. The normalized spacial score (nSPS) is 17.0. The number of nitrogens with zero attached hydrogens (tertiary/aromatic N) is 2. The van der Waals surface area contributed by atoms with Crippen LogP contribution in [0, 0.1) is 11.8 Å². The molecule has 72 valence electrons. The van der Waals surface area contributed by atoms with Crippen molar-refractivity contribution in [3.8, 4) is 11.8 Å². The van der Waals surface area contributed by atoms with E-state index in [2.05, 4.69) is 22.0 Å². The molecular weight excluding hydrogens is 176 g/mol. The van der Waals surface area contributed by atoms with E-state index in [0.717, 1.165) is 5.69 Å². The molecule has 1 aromatic rings. The van der Waals surface area contributed by atoms with Gasteiger partial charge in [-0.15, -0.1) is 5.10 Å². The lowest BCUT2D eigenvalue weighted by molar-refractivity contribution is 0.253. The van der Waals surface area contributed by atoms with Crippen LogP contribution in [0.25, 0.3) is 0 Å². The van der Waals surface area contributed by atoms with Gasteiger partial charge in [0, 0.05) is 5.92 Å². The summed E-state index contributed by atoms with van der Waals surface area (Å²) >= 11 is 0. The first kappa shape index (κ1) is 9.17. The summed E-state index contributed by atoms with van der Waals surface area (Å²) in [6.07, 6.45) is 1.85. The molecule has 1 heterocycles. The zero-order valence-electron chi connectivity index (χ0n) is 8.07. The summed E-state index contributed by atoms with van der Waals surface area (Å²) in [6.45, 7) is 1.62. The predicted molar refractivity (Wildman–Crippen MR) is 52.6 cm³/mol. The van der Waals surface area contributed by atoms with Crippen LogP contribution in [0.5, 0.6) is 0 Å². The number of rotatable bonds is 1. The molecular formula is C11H12N2O. The third-order valence-corrected chi connectivity index (χ3v) is 2.09. The van der Waals surface area contributed by atoms with Crippen molar-refractivity contribution in [3.05, 3.63) is 23.5 Å². The fraction of sp³-hybridized carbons (Fsp3) is 0.455. The molecule has 0 aliphatic heterocycles. The monoisotopic (exact) mass is 188 g/mol. The minimum absolute atomic E-state index is 0.611. The fourth-order valence-corrected chi connectivity index (χ4v) is 1.18. The summed E-state index contributed by atoms with van der Waals surface area (Å²) in [6, 6.07) is 3.83. The van der Waals surface area contributed by atoms with Gasteiger partial charge in [-0.05, 0) is 37.8 Å². The van der Waals surface area contributed by atoms with Crippen molar-refractivity contribution >= 4 is 0 Å². The molecule has 1 N–H and O–H groups in total. The van der Waals surface area contributed by atoms with Crippen molar-refractivity contribution in [2.24, 2.45) is 0 Å². The molecule has 1 saturated carbocycles. The first-order valence-electron chi connectivity index (χ1n) is 4.79. The topological polar surface area (TPSA) is 46.0 Å². The van der Waals surface area contributed by atoms with E-state index in [0.29, 0.717) is 11.6 Å². The molecule has 2 rings (SSSR count). The Labute approximate surface area is 83.2 Å². The number of hydrogen-bond acceptors (Lipinski definition) is 3. The molecule has 0 aromatic carbocycles. The van der Waals surface area contributed by atoms with Gasteiger partial charge in [-0.25, -0.2) is 0 Å². The largest absolute Gasteiger partial charge is 0.381 e. The van der Waals surface area contributed by atoms with E-state index in [-0.39, 0.29) is 0 Å². The summed E-state index contributed by atoms with van der Waals surface area (Å²) in [5.41, 5.74) is 1.68. The van der Waals surface area contributed by atoms with Gasteiger partial charge in [0.2, 0.25) is 0 Å². The van der Waals surface area contributed by atoms with Gasteiger partial charge in [-0.1, -0.05) is 5.92 Å². The molecule has 1 atom stereocenters. The first-order valence-corrected chi connectivity index (χ1v) is 4.79. The van der Waals surface area contributed by atoms with E-state index in [1.165, 1.54) is 12.8 Å². The molecule has 0 saturated heterocycles. The molecule has 1 fully saturated rings. The standard InChI is InChI=1S/C11H12N2O/c1-8(14)2-5-10-6-7-11(13-12-10)9-3-4-9/h6-9,14H,3-4H2,1H3/t8-/m1/s1. The van der Waals surface area contributed by atoms with Crippen LogP contribution >= 0.6 is 0 Å². The zero-order valence-corrected chi connectivity index (χ0v) is 8.07.